The zero-order valence-corrected chi connectivity index (χ0v) is 9.51. The van der Waals surface area contributed by atoms with E-state index >= 15 is 0 Å². The Morgan fingerprint density at radius 2 is 2.12 bits per heavy atom. The third-order valence-electron chi connectivity index (χ3n) is 2.53. The van der Waals surface area contributed by atoms with Crippen LogP contribution in [0, 0.1) is 13.8 Å². The van der Waals surface area contributed by atoms with Crippen molar-refractivity contribution in [1.29, 1.82) is 0 Å². The smallest absolute Gasteiger partial charge is 0.179 e. The van der Waals surface area contributed by atoms with E-state index in [-0.39, 0.29) is 0 Å². The quantitative estimate of drug-likeness (QED) is 0.761. The molecule has 0 bridgehead atoms. The van der Waals surface area contributed by atoms with E-state index in [0.717, 1.165) is 5.56 Å². The summed E-state index contributed by atoms with van der Waals surface area (Å²) in [5, 5.41) is 0. The Morgan fingerprint density at radius 1 is 1.31 bits per heavy atom. The van der Waals surface area contributed by atoms with Crippen molar-refractivity contribution >= 4 is 5.82 Å². The zero-order valence-electron chi connectivity index (χ0n) is 9.51. The van der Waals surface area contributed by atoms with Gasteiger partial charge in [-0.05, 0) is 6.92 Å². The number of pyridine rings is 1. The lowest BCUT2D eigenvalue weighted by Gasteiger charge is -2.03. The van der Waals surface area contributed by atoms with Crippen molar-refractivity contribution in [3.63, 3.8) is 0 Å². The maximum atomic E-state index is 5.85. The number of nitrogens with zero attached hydrogens (tertiary/aromatic N) is 3. The maximum Gasteiger partial charge on any atom is 0.179 e. The molecule has 0 aliphatic carbocycles. The molecule has 0 atom stereocenters. The van der Waals surface area contributed by atoms with E-state index in [1.165, 1.54) is 5.69 Å². The fourth-order valence-electron chi connectivity index (χ4n) is 1.56. The molecule has 2 aromatic rings. The zero-order chi connectivity index (χ0) is 11.5. The van der Waals surface area contributed by atoms with Gasteiger partial charge in [0.1, 0.15) is 11.6 Å². The number of rotatable bonds is 2. The third kappa shape index (κ3) is 2.16. The van der Waals surface area contributed by atoms with Crippen LogP contribution in [0.15, 0.2) is 30.6 Å². The van der Waals surface area contributed by atoms with Gasteiger partial charge >= 0.3 is 0 Å². The van der Waals surface area contributed by atoms with Gasteiger partial charge in [-0.15, -0.1) is 0 Å². The van der Waals surface area contributed by atoms with Gasteiger partial charge in [-0.1, -0.05) is 6.07 Å². The van der Waals surface area contributed by atoms with Crippen LogP contribution in [0.5, 0.6) is 0 Å². The van der Waals surface area contributed by atoms with Crippen molar-refractivity contribution in [2.75, 3.05) is 5.73 Å². The van der Waals surface area contributed by atoms with Crippen LogP contribution in [0.2, 0.25) is 0 Å². The van der Waals surface area contributed by atoms with E-state index in [1.54, 1.807) is 6.20 Å². The van der Waals surface area contributed by atoms with Gasteiger partial charge in [-0.3, -0.25) is 0 Å². The lowest BCUT2D eigenvalue weighted by atomic mass is 10.2. The molecule has 2 aromatic heterocycles. The lowest BCUT2D eigenvalue weighted by molar-refractivity contribution is -0.694. The van der Waals surface area contributed by atoms with Gasteiger partial charge in [0.15, 0.2) is 18.4 Å². The summed E-state index contributed by atoms with van der Waals surface area (Å²) in [6, 6.07) is 6.07. The predicted molar refractivity (Wildman–Crippen MR) is 61.7 cm³/mol. The predicted octanol–water partition coefficient (Wildman–Crippen LogP) is 1.01. The molecule has 4 heteroatoms. The second kappa shape index (κ2) is 4.26. The van der Waals surface area contributed by atoms with Crippen LogP contribution in [-0.2, 0) is 6.54 Å². The lowest BCUT2D eigenvalue weighted by Crippen LogP contribution is -2.37. The first-order chi connectivity index (χ1) is 7.66. The van der Waals surface area contributed by atoms with Crippen LogP contribution in [0.25, 0.3) is 0 Å². The highest BCUT2D eigenvalue weighted by molar-refractivity contribution is 5.36. The van der Waals surface area contributed by atoms with Crippen LogP contribution in [0.4, 0.5) is 5.82 Å². The average molecular weight is 215 g/mol. The Kier molecular flexibility index (Phi) is 2.81. The van der Waals surface area contributed by atoms with Gasteiger partial charge in [0, 0.05) is 25.3 Å². The van der Waals surface area contributed by atoms with Crippen molar-refractivity contribution in [1.82, 2.24) is 9.97 Å². The molecular weight excluding hydrogens is 200 g/mol. The number of aromatic nitrogens is 3. The minimum atomic E-state index is 0.559. The molecule has 0 aliphatic rings. The van der Waals surface area contributed by atoms with E-state index in [4.69, 9.17) is 5.73 Å². The molecule has 0 spiro atoms. The van der Waals surface area contributed by atoms with Gasteiger partial charge in [0.25, 0.3) is 0 Å². The Labute approximate surface area is 94.8 Å². The Morgan fingerprint density at radius 3 is 2.81 bits per heavy atom. The van der Waals surface area contributed by atoms with E-state index in [0.29, 0.717) is 18.2 Å². The summed E-state index contributed by atoms with van der Waals surface area (Å²) in [6.07, 6.45) is 3.81. The van der Waals surface area contributed by atoms with Crippen LogP contribution in [0.3, 0.4) is 0 Å². The first kappa shape index (κ1) is 10.5. The summed E-state index contributed by atoms with van der Waals surface area (Å²) in [6.45, 7) is 4.60. The number of nitrogen functional groups attached to an aromatic ring is 1. The van der Waals surface area contributed by atoms with Crippen molar-refractivity contribution in [3.05, 3.63) is 47.7 Å². The summed E-state index contributed by atoms with van der Waals surface area (Å²) in [5.74, 6) is 1.26. The molecule has 2 rings (SSSR count). The Balaban J connectivity index is 2.31. The molecule has 0 aromatic carbocycles. The molecule has 0 saturated heterocycles. The highest BCUT2D eigenvalue weighted by Crippen LogP contribution is 2.06. The molecule has 2 heterocycles. The van der Waals surface area contributed by atoms with Gasteiger partial charge in [0.05, 0.1) is 5.56 Å². The second-order valence-corrected chi connectivity index (χ2v) is 3.80. The summed E-state index contributed by atoms with van der Waals surface area (Å²) >= 11 is 0. The molecule has 0 radical (unpaired) electrons. The minimum absolute atomic E-state index is 0.559. The monoisotopic (exact) mass is 215 g/mol. The molecule has 0 unspecified atom stereocenters. The van der Waals surface area contributed by atoms with Crippen LogP contribution < -0.4 is 10.3 Å². The summed E-state index contributed by atoms with van der Waals surface area (Å²) in [5.41, 5.74) is 7.99. The fraction of sp³-hybridized carbons (Fsp3) is 0.250. The second-order valence-electron chi connectivity index (χ2n) is 3.80. The highest BCUT2D eigenvalue weighted by atomic mass is 15.0. The first-order valence-electron chi connectivity index (χ1n) is 5.20. The van der Waals surface area contributed by atoms with Crippen molar-refractivity contribution in [2.24, 2.45) is 0 Å². The molecule has 0 aliphatic heterocycles. The SMILES string of the molecule is Cc1ncc(C[n+]2ccccc2C)c(N)n1. The number of nitrogens with two attached hydrogens (primary N) is 1. The van der Waals surface area contributed by atoms with Crippen LogP contribution in [-0.4, -0.2) is 9.97 Å². The molecule has 0 fully saturated rings. The van der Waals surface area contributed by atoms with E-state index in [1.807, 2.05) is 25.3 Å². The number of aryl methyl sites for hydroxylation is 2. The third-order valence-corrected chi connectivity index (χ3v) is 2.53. The Hall–Kier alpha value is -1.97. The molecule has 4 nitrogen and oxygen atoms in total. The summed E-state index contributed by atoms with van der Waals surface area (Å²) in [4.78, 5) is 8.31. The molecule has 0 amide bonds. The summed E-state index contributed by atoms with van der Waals surface area (Å²) in [7, 11) is 0. The van der Waals surface area contributed by atoms with E-state index < -0.39 is 0 Å². The normalized spacial score (nSPS) is 10.4. The molecule has 2 N–H and O–H groups in total. The van der Waals surface area contributed by atoms with Crippen molar-refractivity contribution < 1.29 is 4.57 Å². The van der Waals surface area contributed by atoms with E-state index in [2.05, 4.69) is 27.5 Å². The van der Waals surface area contributed by atoms with Gasteiger partial charge < -0.3 is 5.73 Å². The van der Waals surface area contributed by atoms with Crippen molar-refractivity contribution in [3.8, 4) is 0 Å². The molecule has 82 valence electrons. The first-order valence-corrected chi connectivity index (χ1v) is 5.20. The number of anilines is 1. The van der Waals surface area contributed by atoms with Gasteiger partial charge in [0.2, 0.25) is 0 Å². The van der Waals surface area contributed by atoms with Crippen LogP contribution >= 0.6 is 0 Å². The topological polar surface area (TPSA) is 55.7 Å². The largest absolute Gasteiger partial charge is 0.383 e. The van der Waals surface area contributed by atoms with Gasteiger partial charge in [-0.2, -0.15) is 4.57 Å². The standard InChI is InChI=1S/C12H15N4/c1-9-5-3-4-6-16(9)8-11-7-14-10(2)15-12(11)13/h3-7H,8H2,1-2H3,(H2,13,14,15)/q+1. The van der Waals surface area contributed by atoms with Crippen molar-refractivity contribution in [2.45, 2.75) is 20.4 Å². The molecule has 16 heavy (non-hydrogen) atoms. The average Bonchev–Trinajstić information content (AvgIpc) is 2.25. The minimum Gasteiger partial charge on any atom is -0.383 e. The summed E-state index contributed by atoms with van der Waals surface area (Å²) < 4.78 is 2.12. The van der Waals surface area contributed by atoms with E-state index in [9.17, 15) is 0 Å². The number of hydrogen-bond acceptors (Lipinski definition) is 3. The van der Waals surface area contributed by atoms with Gasteiger partial charge in [-0.25, -0.2) is 9.97 Å². The fourth-order valence-corrected chi connectivity index (χ4v) is 1.56. The molecule has 0 saturated carbocycles. The Bertz CT molecular complexity index is 508. The molecular formula is C12H15N4+. The number of hydrogen-bond donors (Lipinski definition) is 1. The highest BCUT2D eigenvalue weighted by Gasteiger charge is 2.10. The van der Waals surface area contributed by atoms with Crippen LogP contribution in [0.1, 0.15) is 17.1 Å². The maximum absolute atomic E-state index is 5.85.